The molecule has 2 aromatic carbocycles. The van der Waals surface area contributed by atoms with Gasteiger partial charge in [0, 0.05) is 29.6 Å². The van der Waals surface area contributed by atoms with Gasteiger partial charge in [0.1, 0.15) is 0 Å². The van der Waals surface area contributed by atoms with Gasteiger partial charge >= 0.3 is 0 Å². The van der Waals surface area contributed by atoms with E-state index in [1.165, 1.54) is 11.3 Å². The van der Waals surface area contributed by atoms with Crippen LogP contribution in [0, 0.1) is 0 Å². The largest absolute Gasteiger partial charge is 0.352 e. The number of hydrogen-bond acceptors (Lipinski definition) is 5. The molecule has 0 radical (unpaired) electrons. The molecule has 0 unspecified atom stereocenters. The molecule has 7 nitrogen and oxygen atoms in total. The van der Waals surface area contributed by atoms with Crippen LogP contribution >= 0.6 is 11.3 Å². The number of amides is 4. The van der Waals surface area contributed by atoms with Gasteiger partial charge in [-0.3, -0.25) is 19.2 Å². The molecular formula is C23H19N3O4S. The number of anilines is 2. The lowest BCUT2D eigenvalue weighted by atomic mass is 10.1. The molecule has 0 spiro atoms. The molecular weight excluding hydrogens is 414 g/mol. The summed E-state index contributed by atoms with van der Waals surface area (Å²) in [7, 11) is 0. The van der Waals surface area contributed by atoms with Crippen LogP contribution in [0.15, 0.2) is 65.4 Å². The standard InChI is InChI=1S/C23H19N3O4S/c27-20(9-4-11-24-21(28)15-10-12-31-14-15)25-16-5-3-6-17(13-16)26-22(29)18-7-1-2-8-19(18)23(26)30/h1-3,5-8,10,12-14H,4,9,11H2,(H,24,28)(H,25,27). The second kappa shape index (κ2) is 8.93. The van der Waals surface area contributed by atoms with Gasteiger partial charge in [-0.15, -0.1) is 0 Å². The van der Waals surface area contributed by atoms with Crippen LogP contribution in [0.3, 0.4) is 0 Å². The van der Waals surface area contributed by atoms with E-state index in [1.807, 2.05) is 5.38 Å². The lowest BCUT2D eigenvalue weighted by molar-refractivity contribution is -0.116. The van der Waals surface area contributed by atoms with Crippen molar-refractivity contribution < 1.29 is 19.2 Å². The molecule has 3 aromatic rings. The van der Waals surface area contributed by atoms with E-state index in [9.17, 15) is 19.2 Å². The first-order valence-electron chi connectivity index (χ1n) is 9.73. The van der Waals surface area contributed by atoms with Gasteiger partial charge in [0.05, 0.1) is 16.8 Å². The van der Waals surface area contributed by atoms with Crippen molar-refractivity contribution in [1.82, 2.24) is 5.32 Å². The molecule has 4 rings (SSSR count). The van der Waals surface area contributed by atoms with Crippen LogP contribution in [0.1, 0.15) is 43.9 Å². The Morgan fingerprint density at radius 3 is 2.35 bits per heavy atom. The van der Waals surface area contributed by atoms with E-state index in [4.69, 9.17) is 0 Å². The number of benzene rings is 2. The van der Waals surface area contributed by atoms with E-state index in [2.05, 4.69) is 10.6 Å². The summed E-state index contributed by atoms with van der Waals surface area (Å²) in [5.41, 5.74) is 2.23. The van der Waals surface area contributed by atoms with Crippen LogP contribution in [0.25, 0.3) is 0 Å². The van der Waals surface area contributed by atoms with Crippen molar-refractivity contribution in [2.75, 3.05) is 16.8 Å². The Kier molecular flexibility index (Phi) is 5.90. The highest BCUT2D eigenvalue weighted by atomic mass is 32.1. The van der Waals surface area contributed by atoms with Gasteiger partial charge < -0.3 is 10.6 Å². The summed E-state index contributed by atoms with van der Waals surface area (Å²) in [4.78, 5) is 50.5. The fourth-order valence-corrected chi connectivity index (χ4v) is 3.95. The molecule has 0 aliphatic carbocycles. The Labute approximate surface area is 182 Å². The quantitative estimate of drug-likeness (QED) is 0.439. The Balaban J connectivity index is 1.33. The smallest absolute Gasteiger partial charge is 0.266 e. The summed E-state index contributed by atoms with van der Waals surface area (Å²) >= 11 is 1.45. The van der Waals surface area contributed by atoms with Crippen molar-refractivity contribution in [2.45, 2.75) is 12.8 Å². The predicted molar refractivity (Wildman–Crippen MR) is 119 cm³/mol. The maximum absolute atomic E-state index is 12.6. The summed E-state index contributed by atoms with van der Waals surface area (Å²) < 4.78 is 0. The van der Waals surface area contributed by atoms with Crippen molar-refractivity contribution in [3.05, 3.63) is 82.0 Å². The van der Waals surface area contributed by atoms with Crippen LogP contribution in [-0.4, -0.2) is 30.2 Å². The third-order valence-corrected chi connectivity index (χ3v) is 5.51. The minimum absolute atomic E-state index is 0.157. The number of carbonyl (C=O) groups excluding carboxylic acids is 4. The third kappa shape index (κ3) is 4.39. The van der Waals surface area contributed by atoms with E-state index in [-0.39, 0.29) is 30.0 Å². The molecule has 0 atom stereocenters. The maximum atomic E-state index is 12.6. The number of thiophene rings is 1. The Morgan fingerprint density at radius 1 is 0.935 bits per heavy atom. The first-order chi connectivity index (χ1) is 15.0. The van der Waals surface area contributed by atoms with Gasteiger partial charge in [-0.25, -0.2) is 4.90 Å². The average Bonchev–Trinajstić information content (AvgIpc) is 3.39. The summed E-state index contributed by atoms with van der Waals surface area (Å²) in [6, 6.07) is 15.0. The third-order valence-electron chi connectivity index (χ3n) is 4.83. The second-order valence-electron chi connectivity index (χ2n) is 6.96. The van der Waals surface area contributed by atoms with E-state index in [0.717, 1.165) is 4.90 Å². The molecule has 1 aliphatic rings. The molecule has 1 aliphatic heterocycles. The van der Waals surface area contributed by atoms with Crippen molar-refractivity contribution in [3.63, 3.8) is 0 Å². The van der Waals surface area contributed by atoms with Gasteiger partial charge in [0.2, 0.25) is 5.91 Å². The second-order valence-corrected chi connectivity index (χ2v) is 7.74. The number of fused-ring (bicyclic) bond motifs is 1. The van der Waals surface area contributed by atoms with Crippen LogP contribution in [0.2, 0.25) is 0 Å². The SMILES string of the molecule is O=C(CCCNC(=O)c1ccsc1)Nc1cccc(N2C(=O)c3ccccc3C2=O)c1. The maximum Gasteiger partial charge on any atom is 0.266 e. The Morgan fingerprint density at radius 2 is 1.68 bits per heavy atom. The van der Waals surface area contributed by atoms with Gasteiger partial charge in [-0.1, -0.05) is 18.2 Å². The van der Waals surface area contributed by atoms with Crippen molar-refractivity contribution in [1.29, 1.82) is 0 Å². The average molecular weight is 433 g/mol. The molecule has 2 heterocycles. The summed E-state index contributed by atoms with van der Waals surface area (Å²) in [6.07, 6.45) is 0.709. The number of nitrogens with zero attached hydrogens (tertiary/aromatic N) is 1. The summed E-state index contributed by atoms with van der Waals surface area (Å²) in [5.74, 6) is -1.14. The van der Waals surface area contributed by atoms with Crippen LogP contribution in [0.4, 0.5) is 11.4 Å². The zero-order valence-corrected chi connectivity index (χ0v) is 17.3. The molecule has 2 N–H and O–H groups in total. The highest BCUT2D eigenvalue weighted by molar-refractivity contribution is 7.08. The van der Waals surface area contributed by atoms with E-state index < -0.39 is 0 Å². The molecule has 4 amide bonds. The zero-order chi connectivity index (χ0) is 21.8. The molecule has 1 aromatic heterocycles. The summed E-state index contributed by atoms with van der Waals surface area (Å²) in [6.45, 7) is 0.386. The lowest BCUT2D eigenvalue weighted by Gasteiger charge is -2.15. The molecule has 0 saturated carbocycles. The van der Waals surface area contributed by atoms with E-state index >= 15 is 0 Å². The number of hydrogen-bond donors (Lipinski definition) is 2. The fraction of sp³-hybridized carbons (Fsp3) is 0.130. The van der Waals surface area contributed by atoms with Gasteiger partial charge in [0.15, 0.2) is 0 Å². The molecule has 0 fully saturated rings. The van der Waals surface area contributed by atoms with Crippen LogP contribution < -0.4 is 15.5 Å². The highest BCUT2D eigenvalue weighted by Gasteiger charge is 2.36. The molecule has 0 saturated heterocycles. The lowest BCUT2D eigenvalue weighted by Crippen LogP contribution is -2.29. The monoisotopic (exact) mass is 433 g/mol. The highest BCUT2D eigenvalue weighted by Crippen LogP contribution is 2.29. The van der Waals surface area contributed by atoms with Crippen LogP contribution in [-0.2, 0) is 4.79 Å². The van der Waals surface area contributed by atoms with Gasteiger partial charge in [-0.2, -0.15) is 11.3 Å². The number of rotatable bonds is 7. The van der Waals surface area contributed by atoms with E-state index in [1.54, 1.807) is 60.0 Å². The van der Waals surface area contributed by atoms with Crippen molar-refractivity contribution in [2.24, 2.45) is 0 Å². The van der Waals surface area contributed by atoms with Crippen molar-refractivity contribution >= 4 is 46.3 Å². The first-order valence-corrected chi connectivity index (χ1v) is 10.7. The summed E-state index contributed by atoms with van der Waals surface area (Å²) in [5, 5.41) is 9.15. The van der Waals surface area contributed by atoms with Crippen molar-refractivity contribution in [3.8, 4) is 0 Å². The molecule has 156 valence electrons. The number of imide groups is 1. The molecule has 31 heavy (non-hydrogen) atoms. The zero-order valence-electron chi connectivity index (χ0n) is 16.5. The predicted octanol–water partition coefficient (Wildman–Crippen LogP) is 3.70. The Hall–Kier alpha value is -3.78. The normalized spacial score (nSPS) is 12.6. The number of carbonyl (C=O) groups is 4. The minimum Gasteiger partial charge on any atom is -0.352 e. The fourth-order valence-electron chi connectivity index (χ4n) is 3.32. The Bertz CT molecular complexity index is 1120. The first kappa shape index (κ1) is 20.5. The molecule has 0 bridgehead atoms. The van der Waals surface area contributed by atoms with E-state index in [0.29, 0.717) is 41.0 Å². The minimum atomic E-state index is -0.384. The molecule has 8 heteroatoms. The topological polar surface area (TPSA) is 95.6 Å². The number of nitrogens with one attached hydrogen (secondary N) is 2. The van der Waals surface area contributed by atoms with Gasteiger partial charge in [-0.05, 0) is 48.2 Å². The van der Waals surface area contributed by atoms with Crippen LogP contribution in [0.5, 0.6) is 0 Å². The van der Waals surface area contributed by atoms with Gasteiger partial charge in [0.25, 0.3) is 17.7 Å².